The molecule has 0 bridgehead atoms. The van der Waals surface area contributed by atoms with Crippen LogP contribution in [0.5, 0.6) is 0 Å². The molecule has 0 aromatic rings. The van der Waals surface area contributed by atoms with Crippen molar-refractivity contribution in [3.8, 4) is 0 Å². The summed E-state index contributed by atoms with van der Waals surface area (Å²) in [5.74, 6) is -4.55. The minimum Gasteiger partial charge on any atom is -0.480 e. The summed E-state index contributed by atoms with van der Waals surface area (Å²) in [5, 5.41) is 14.9. The first-order valence-electron chi connectivity index (χ1n) is 8.18. The third kappa shape index (κ3) is 12.0. The Morgan fingerprint density at radius 2 is 1.61 bits per heavy atom. The van der Waals surface area contributed by atoms with Gasteiger partial charge in [-0.3, -0.25) is 29.0 Å². The number of primary amides is 1. The molecule has 0 rings (SSSR count). The molecule has 0 fully saturated rings. The Morgan fingerprint density at radius 3 is 2.14 bits per heavy atom. The number of guanidine groups is 1. The van der Waals surface area contributed by atoms with E-state index in [4.69, 9.17) is 28.0 Å². The number of hydrogen-bond donors (Lipinski definition) is 8. The minimum absolute atomic E-state index is 0.0939. The Hall–Kier alpha value is -3.42. The van der Waals surface area contributed by atoms with E-state index in [2.05, 4.69) is 15.6 Å². The van der Waals surface area contributed by atoms with Crippen molar-refractivity contribution in [2.45, 2.75) is 31.3 Å². The maximum Gasteiger partial charge on any atom is 0.322 e. The molecule has 28 heavy (non-hydrogen) atoms. The highest BCUT2D eigenvalue weighted by Crippen LogP contribution is 1.99. The van der Waals surface area contributed by atoms with E-state index in [1.807, 2.05) is 5.32 Å². The van der Waals surface area contributed by atoms with Crippen molar-refractivity contribution in [1.29, 1.82) is 0 Å². The summed E-state index contributed by atoms with van der Waals surface area (Å²) in [6.07, 6.45) is 0.100. The van der Waals surface area contributed by atoms with Crippen LogP contribution in [0.3, 0.4) is 0 Å². The third-order valence-corrected chi connectivity index (χ3v) is 3.20. The lowest BCUT2D eigenvalue weighted by Gasteiger charge is -2.19. The number of carboxylic acid groups (broad SMARTS) is 1. The Labute approximate surface area is 160 Å². The smallest absolute Gasteiger partial charge is 0.322 e. The van der Waals surface area contributed by atoms with Gasteiger partial charge in [-0.1, -0.05) is 0 Å². The number of nitrogens with one attached hydrogen (secondary N) is 3. The van der Waals surface area contributed by atoms with Gasteiger partial charge in [0, 0.05) is 6.54 Å². The zero-order valence-electron chi connectivity index (χ0n) is 15.1. The molecule has 14 nitrogen and oxygen atoms in total. The molecule has 0 aromatic heterocycles. The molecule has 0 saturated carbocycles. The lowest BCUT2D eigenvalue weighted by atomic mass is 10.1. The maximum absolute atomic E-state index is 12.1. The van der Waals surface area contributed by atoms with E-state index in [0.29, 0.717) is 6.42 Å². The molecule has 0 heterocycles. The van der Waals surface area contributed by atoms with Crippen LogP contribution in [-0.4, -0.2) is 72.4 Å². The highest BCUT2D eigenvalue weighted by atomic mass is 16.4. The maximum atomic E-state index is 12.1. The Bertz CT molecular complexity index is 619. The predicted octanol–water partition coefficient (Wildman–Crippen LogP) is -4.96. The molecule has 0 aliphatic heterocycles. The Morgan fingerprint density at radius 1 is 0.964 bits per heavy atom. The highest BCUT2D eigenvalue weighted by Gasteiger charge is 2.25. The van der Waals surface area contributed by atoms with Crippen molar-refractivity contribution < 1.29 is 29.1 Å². The fourth-order valence-electron chi connectivity index (χ4n) is 1.87. The van der Waals surface area contributed by atoms with Crippen molar-refractivity contribution in [2.24, 2.45) is 27.9 Å². The average Bonchev–Trinajstić information content (AvgIpc) is 2.59. The van der Waals surface area contributed by atoms with Crippen LogP contribution in [-0.2, 0) is 24.0 Å². The number of hydrogen-bond acceptors (Lipinski definition) is 7. The fraction of sp³-hybridized carbons (Fsp3) is 0.571. The van der Waals surface area contributed by atoms with E-state index in [0.717, 1.165) is 0 Å². The molecule has 0 spiro atoms. The summed E-state index contributed by atoms with van der Waals surface area (Å²) >= 11 is 0. The molecule has 12 N–H and O–H groups in total. The van der Waals surface area contributed by atoms with Crippen LogP contribution in [0.1, 0.15) is 19.3 Å². The Kier molecular flexibility index (Phi) is 11.3. The molecule has 2 unspecified atom stereocenters. The number of carbonyl (C=O) groups is 5. The van der Waals surface area contributed by atoms with Crippen molar-refractivity contribution >= 4 is 35.6 Å². The van der Waals surface area contributed by atoms with Crippen LogP contribution in [0.2, 0.25) is 0 Å². The van der Waals surface area contributed by atoms with Gasteiger partial charge in [0.1, 0.15) is 12.6 Å². The lowest BCUT2D eigenvalue weighted by Crippen LogP contribution is -2.54. The van der Waals surface area contributed by atoms with Crippen LogP contribution in [0.15, 0.2) is 4.99 Å². The van der Waals surface area contributed by atoms with E-state index < -0.39 is 61.2 Å². The molecule has 158 valence electrons. The van der Waals surface area contributed by atoms with Crippen LogP contribution in [0, 0.1) is 0 Å². The zero-order valence-corrected chi connectivity index (χ0v) is 15.1. The second-order valence-electron chi connectivity index (χ2n) is 5.68. The average molecular weight is 402 g/mol. The first kappa shape index (κ1) is 24.6. The number of aliphatic carboxylic acids is 1. The summed E-state index contributed by atoms with van der Waals surface area (Å²) in [7, 11) is 0. The molecular weight excluding hydrogens is 376 g/mol. The van der Waals surface area contributed by atoms with Gasteiger partial charge in [-0.05, 0) is 12.8 Å². The van der Waals surface area contributed by atoms with Gasteiger partial charge in [0.05, 0.1) is 19.0 Å². The molecule has 0 aliphatic carbocycles. The van der Waals surface area contributed by atoms with Crippen molar-refractivity contribution in [2.75, 3.05) is 19.6 Å². The van der Waals surface area contributed by atoms with Gasteiger partial charge in [-0.2, -0.15) is 0 Å². The van der Waals surface area contributed by atoms with Gasteiger partial charge >= 0.3 is 5.97 Å². The molecule has 0 radical (unpaired) electrons. The topological polar surface area (TPSA) is 258 Å². The lowest BCUT2D eigenvalue weighted by molar-refractivity contribution is -0.138. The summed E-state index contributed by atoms with van der Waals surface area (Å²) in [4.78, 5) is 60.8. The van der Waals surface area contributed by atoms with Crippen LogP contribution in [0.4, 0.5) is 0 Å². The van der Waals surface area contributed by atoms with Crippen LogP contribution in [0.25, 0.3) is 0 Å². The third-order valence-electron chi connectivity index (χ3n) is 3.20. The standard InChI is InChI=1S/C14H26N8O6/c15-7(2-1-3-19-14(17)18)12(27)22-8(4-9(16)23)13(28)21-5-10(24)20-6-11(25)26/h7-8H,1-6,15H2,(H2,16,23)(H,20,24)(H,21,28)(H,22,27)(H,25,26)(H4,17,18,19). The zero-order chi connectivity index (χ0) is 21.7. The first-order valence-corrected chi connectivity index (χ1v) is 8.18. The Balaban J connectivity index is 4.62. The fourth-order valence-corrected chi connectivity index (χ4v) is 1.87. The quantitative estimate of drug-likeness (QED) is 0.0832. The van der Waals surface area contributed by atoms with Crippen molar-refractivity contribution in [1.82, 2.24) is 16.0 Å². The summed E-state index contributed by atoms with van der Waals surface area (Å²) in [6, 6.07) is -2.34. The van der Waals surface area contributed by atoms with Gasteiger partial charge < -0.3 is 44.0 Å². The SMILES string of the molecule is NC(=O)CC(NC(=O)C(N)CCCN=C(N)N)C(=O)NCC(=O)NCC(=O)O. The minimum atomic E-state index is -1.35. The monoisotopic (exact) mass is 402 g/mol. The van der Waals surface area contributed by atoms with Gasteiger partial charge in [0.15, 0.2) is 5.96 Å². The summed E-state index contributed by atoms with van der Waals surface area (Å²) in [6.45, 7) is -0.910. The van der Waals surface area contributed by atoms with Crippen LogP contribution >= 0.6 is 0 Å². The molecule has 0 aliphatic rings. The summed E-state index contributed by atoms with van der Waals surface area (Å²) in [5.41, 5.74) is 21.1. The number of aliphatic imine (C=N–C) groups is 1. The second kappa shape index (κ2) is 12.9. The highest BCUT2D eigenvalue weighted by molar-refractivity contribution is 5.94. The molecule has 2 atom stereocenters. The normalized spacial score (nSPS) is 12.2. The van der Waals surface area contributed by atoms with Crippen molar-refractivity contribution in [3.05, 3.63) is 0 Å². The number of carbonyl (C=O) groups excluding carboxylic acids is 4. The number of carboxylic acids is 1. The molecule has 0 aromatic carbocycles. The van der Waals surface area contributed by atoms with Crippen LogP contribution < -0.4 is 38.9 Å². The number of amides is 4. The van der Waals surface area contributed by atoms with E-state index in [9.17, 15) is 24.0 Å². The van der Waals surface area contributed by atoms with E-state index in [1.165, 1.54) is 0 Å². The number of rotatable bonds is 13. The van der Waals surface area contributed by atoms with Gasteiger partial charge in [-0.15, -0.1) is 0 Å². The van der Waals surface area contributed by atoms with Gasteiger partial charge in [0.2, 0.25) is 23.6 Å². The summed E-state index contributed by atoms with van der Waals surface area (Å²) < 4.78 is 0. The molecule has 4 amide bonds. The molecule has 14 heteroatoms. The molecular formula is C14H26N8O6. The number of nitrogens with zero attached hydrogens (tertiary/aromatic N) is 1. The predicted molar refractivity (Wildman–Crippen MR) is 97.3 cm³/mol. The van der Waals surface area contributed by atoms with Crippen molar-refractivity contribution in [3.63, 3.8) is 0 Å². The van der Waals surface area contributed by atoms with E-state index in [1.54, 1.807) is 0 Å². The van der Waals surface area contributed by atoms with E-state index >= 15 is 0 Å². The largest absolute Gasteiger partial charge is 0.480 e. The van der Waals surface area contributed by atoms with E-state index in [-0.39, 0.29) is 18.9 Å². The number of nitrogens with two attached hydrogens (primary N) is 4. The molecule has 0 saturated heterocycles. The van der Waals surface area contributed by atoms with Gasteiger partial charge in [0.25, 0.3) is 0 Å². The first-order chi connectivity index (χ1) is 13.0. The second-order valence-corrected chi connectivity index (χ2v) is 5.68. The van der Waals surface area contributed by atoms with Gasteiger partial charge in [-0.25, -0.2) is 0 Å².